The zero-order valence-electron chi connectivity index (χ0n) is 25.8. The number of para-hydroxylation sites is 3. The van der Waals surface area contributed by atoms with Crippen molar-refractivity contribution in [2.24, 2.45) is 0 Å². The van der Waals surface area contributed by atoms with Gasteiger partial charge < -0.3 is 0 Å². The summed E-state index contributed by atoms with van der Waals surface area (Å²) in [5.41, 5.74) is 8.39. The van der Waals surface area contributed by atoms with Crippen LogP contribution >= 0.6 is 0 Å². The van der Waals surface area contributed by atoms with Gasteiger partial charge in [0.1, 0.15) is 0 Å². The maximum absolute atomic E-state index is 14.5. The molecule has 2 aromatic heterocycles. The van der Waals surface area contributed by atoms with E-state index in [1.165, 1.54) is 43.4 Å². The average molecular weight is 614 g/mol. The largest absolute Gasteiger partial charge is 0.339 e. The highest BCUT2D eigenvalue weighted by atomic mass is 16.1. The molecule has 0 aliphatic carbocycles. The lowest BCUT2D eigenvalue weighted by atomic mass is 9.84. The summed E-state index contributed by atoms with van der Waals surface area (Å²) >= 11 is 0. The number of nitrogens with zero attached hydrogens (tertiary/aromatic N) is 3. The third kappa shape index (κ3) is 3.77. The predicted molar refractivity (Wildman–Crippen MR) is 199 cm³/mol. The van der Waals surface area contributed by atoms with Crippen molar-refractivity contribution in [2.75, 3.05) is 0 Å². The smallest absolute Gasteiger partial charge is 0.262 e. The SMILES string of the molecule is O=c1n(-c2ccccc2)c2cc(-c3c4ccccc4c(-c4cccc5ccccc45)c4ccccc34)ccc2c2nc3ccccc3n12. The molecule has 2 heterocycles. The van der Waals surface area contributed by atoms with Crippen molar-refractivity contribution in [3.8, 4) is 27.9 Å². The van der Waals surface area contributed by atoms with Gasteiger partial charge in [0.15, 0.2) is 5.65 Å². The molecule has 224 valence electrons. The predicted octanol–water partition coefficient (Wildman–Crippen LogP) is 10.6. The van der Waals surface area contributed by atoms with E-state index in [4.69, 9.17) is 4.98 Å². The molecule has 0 aliphatic heterocycles. The minimum atomic E-state index is -0.143. The lowest BCUT2D eigenvalue weighted by Crippen LogP contribution is -2.25. The van der Waals surface area contributed by atoms with E-state index in [1.807, 2.05) is 59.2 Å². The van der Waals surface area contributed by atoms with Crippen LogP contribution in [0, 0.1) is 0 Å². The van der Waals surface area contributed by atoms with Crippen LogP contribution in [0.3, 0.4) is 0 Å². The zero-order valence-corrected chi connectivity index (χ0v) is 25.8. The van der Waals surface area contributed by atoms with Gasteiger partial charge in [0, 0.05) is 5.39 Å². The first-order valence-corrected chi connectivity index (χ1v) is 16.2. The number of fused-ring (bicyclic) bond motifs is 8. The van der Waals surface area contributed by atoms with E-state index in [2.05, 4.69) is 109 Å². The van der Waals surface area contributed by atoms with Crippen molar-refractivity contribution < 1.29 is 0 Å². The Morgan fingerprint density at radius 3 is 1.81 bits per heavy atom. The van der Waals surface area contributed by atoms with E-state index >= 15 is 0 Å². The number of imidazole rings is 1. The molecule has 8 aromatic carbocycles. The second-order valence-electron chi connectivity index (χ2n) is 12.3. The van der Waals surface area contributed by atoms with Gasteiger partial charge in [-0.15, -0.1) is 0 Å². The van der Waals surface area contributed by atoms with Gasteiger partial charge in [-0.05, 0) is 91.0 Å². The second-order valence-corrected chi connectivity index (χ2v) is 12.3. The molecule has 4 heteroatoms. The number of rotatable bonds is 3. The molecule has 4 nitrogen and oxygen atoms in total. The first-order valence-electron chi connectivity index (χ1n) is 16.2. The summed E-state index contributed by atoms with van der Waals surface area (Å²) in [6.45, 7) is 0. The lowest BCUT2D eigenvalue weighted by molar-refractivity contribution is 0.932. The van der Waals surface area contributed by atoms with Gasteiger partial charge >= 0.3 is 5.69 Å². The standard InChI is InChI=1S/C44H27N3O/c48-44-46(30-15-2-1-3-16-30)40-27-29(25-26-37(40)43-45-38-23-10-11-24-39(38)47(43)44)41-33-18-6-8-20-35(33)42(36-21-9-7-19-34(36)41)32-22-12-14-28-13-4-5-17-31(28)32/h1-27H. The molecule has 0 bridgehead atoms. The average Bonchev–Trinajstić information content (AvgIpc) is 3.54. The van der Waals surface area contributed by atoms with E-state index in [9.17, 15) is 4.79 Å². The Hall–Kier alpha value is -6.52. The van der Waals surface area contributed by atoms with Gasteiger partial charge in [0.05, 0.1) is 22.2 Å². The molecule has 0 radical (unpaired) electrons. The normalized spacial score (nSPS) is 11.8. The first kappa shape index (κ1) is 26.7. The first-order chi connectivity index (χ1) is 23.8. The maximum Gasteiger partial charge on any atom is 0.339 e. The van der Waals surface area contributed by atoms with Gasteiger partial charge in [-0.1, -0.05) is 127 Å². The zero-order chi connectivity index (χ0) is 31.8. The van der Waals surface area contributed by atoms with Crippen molar-refractivity contribution in [3.63, 3.8) is 0 Å². The molecule has 0 N–H and O–H groups in total. The Bertz CT molecular complexity index is 2910. The molecule has 48 heavy (non-hydrogen) atoms. The summed E-state index contributed by atoms with van der Waals surface area (Å²) in [5, 5.41) is 8.09. The Morgan fingerprint density at radius 1 is 0.458 bits per heavy atom. The number of benzene rings is 8. The van der Waals surface area contributed by atoms with Gasteiger partial charge in [-0.3, -0.25) is 4.57 Å². The number of hydrogen-bond acceptors (Lipinski definition) is 2. The molecule has 10 aromatic rings. The Kier molecular flexibility index (Phi) is 5.69. The fourth-order valence-electron chi connectivity index (χ4n) is 7.66. The third-order valence-corrected chi connectivity index (χ3v) is 9.72. The van der Waals surface area contributed by atoms with Gasteiger partial charge in [-0.25, -0.2) is 14.2 Å². The fraction of sp³-hybridized carbons (Fsp3) is 0. The fourth-order valence-corrected chi connectivity index (χ4v) is 7.66. The molecular formula is C44H27N3O. The maximum atomic E-state index is 14.5. The van der Waals surface area contributed by atoms with Crippen LogP contribution in [0.4, 0.5) is 0 Å². The van der Waals surface area contributed by atoms with Crippen molar-refractivity contribution in [1.82, 2.24) is 14.0 Å². The number of aromatic nitrogens is 3. The van der Waals surface area contributed by atoms with Crippen LogP contribution in [0.25, 0.3) is 87.8 Å². The molecule has 0 fully saturated rings. The molecule has 0 atom stereocenters. The minimum Gasteiger partial charge on any atom is -0.262 e. The highest BCUT2D eigenvalue weighted by molar-refractivity contribution is 6.23. The molecule has 10 rings (SSSR count). The Balaban J connectivity index is 1.34. The van der Waals surface area contributed by atoms with Gasteiger partial charge in [0.2, 0.25) is 0 Å². The van der Waals surface area contributed by atoms with E-state index in [-0.39, 0.29) is 5.69 Å². The van der Waals surface area contributed by atoms with Crippen molar-refractivity contribution in [3.05, 3.63) is 174 Å². The summed E-state index contributed by atoms with van der Waals surface area (Å²) in [5.74, 6) is 0. The van der Waals surface area contributed by atoms with Crippen LogP contribution in [0.15, 0.2) is 169 Å². The molecule has 0 spiro atoms. The molecule has 0 saturated heterocycles. The molecule has 0 amide bonds. The van der Waals surface area contributed by atoms with Crippen LogP contribution < -0.4 is 5.69 Å². The highest BCUT2D eigenvalue weighted by Gasteiger charge is 2.21. The summed E-state index contributed by atoms with van der Waals surface area (Å²) in [4.78, 5) is 19.4. The van der Waals surface area contributed by atoms with E-state index < -0.39 is 0 Å². The van der Waals surface area contributed by atoms with Crippen LogP contribution in [-0.2, 0) is 0 Å². The van der Waals surface area contributed by atoms with Crippen molar-refractivity contribution in [2.45, 2.75) is 0 Å². The van der Waals surface area contributed by atoms with Crippen LogP contribution in [-0.4, -0.2) is 14.0 Å². The summed E-state index contributed by atoms with van der Waals surface area (Å²) in [7, 11) is 0. The summed E-state index contributed by atoms with van der Waals surface area (Å²) < 4.78 is 3.57. The summed E-state index contributed by atoms with van der Waals surface area (Å²) in [6, 6.07) is 56.8. The third-order valence-electron chi connectivity index (χ3n) is 9.72. The lowest BCUT2D eigenvalue weighted by Gasteiger charge is -2.19. The Morgan fingerprint density at radius 2 is 1.06 bits per heavy atom. The van der Waals surface area contributed by atoms with E-state index in [1.54, 1.807) is 4.40 Å². The van der Waals surface area contributed by atoms with Crippen LogP contribution in [0.2, 0.25) is 0 Å². The van der Waals surface area contributed by atoms with Gasteiger partial charge in [0.25, 0.3) is 0 Å². The summed E-state index contributed by atoms with van der Waals surface area (Å²) in [6.07, 6.45) is 0. The second kappa shape index (κ2) is 10.2. The Labute approximate surface area is 275 Å². The molecule has 0 aliphatic rings. The van der Waals surface area contributed by atoms with Crippen LogP contribution in [0.1, 0.15) is 0 Å². The monoisotopic (exact) mass is 613 g/mol. The highest BCUT2D eigenvalue weighted by Crippen LogP contribution is 2.45. The van der Waals surface area contributed by atoms with E-state index in [0.717, 1.165) is 38.8 Å². The molecule has 0 saturated carbocycles. The molecule has 0 unspecified atom stereocenters. The number of hydrogen-bond donors (Lipinski definition) is 0. The van der Waals surface area contributed by atoms with E-state index in [0.29, 0.717) is 5.65 Å². The van der Waals surface area contributed by atoms with Crippen molar-refractivity contribution in [1.29, 1.82) is 0 Å². The topological polar surface area (TPSA) is 39.3 Å². The van der Waals surface area contributed by atoms with Crippen molar-refractivity contribution >= 4 is 59.9 Å². The minimum absolute atomic E-state index is 0.143. The molecular weight excluding hydrogens is 587 g/mol. The van der Waals surface area contributed by atoms with Gasteiger partial charge in [-0.2, -0.15) is 0 Å². The van der Waals surface area contributed by atoms with Crippen LogP contribution in [0.5, 0.6) is 0 Å². The quantitative estimate of drug-likeness (QED) is 0.186.